The van der Waals surface area contributed by atoms with Crippen molar-refractivity contribution in [3.8, 4) is 0 Å². The topological polar surface area (TPSA) is 84.0 Å². The van der Waals surface area contributed by atoms with E-state index in [4.69, 9.17) is 0 Å². The molecule has 0 atom stereocenters. The van der Waals surface area contributed by atoms with Gasteiger partial charge < -0.3 is 10.6 Å². The molecular weight excluding hydrogens is 340 g/mol. The molecule has 0 fully saturated rings. The summed E-state index contributed by atoms with van der Waals surface area (Å²) in [5.74, 6) is 0.812. The third-order valence-corrected chi connectivity index (χ3v) is 3.98. The number of nitrogens with one attached hydrogen (secondary N) is 2. The minimum absolute atomic E-state index is 0.0204. The molecule has 6 nitrogen and oxygen atoms in total. The number of aryl methyl sites for hydroxylation is 1. The highest BCUT2D eigenvalue weighted by Crippen LogP contribution is 2.16. The van der Waals surface area contributed by atoms with Crippen molar-refractivity contribution in [1.82, 2.24) is 10.2 Å². The molecule has 27 heavy (non-hydrogen) atoms. The Kier molecular flexibility index (Phi) is 5.56. The fourth-order valence-corrected chi connectivity index (χ4v) is 2.48. The maximum absolute atomic E-state index is 12.1. The first-order chi connectivity index (χ1) is 13.0. The summed E-state index contributed by atoms with van der Waals surface area (Å²) in [4.78, 5) is 23.4. The lowest BCUT2D eigenvalue weighted by molar-refractivity contribution is -0.115. The molecule has 3 aromatic rings. The van der Waals surface area contributed by atoms with Crippen molar-refractivity contribution in [2.24, 2.45) is 0 Å². The Labute approximate surface area is 157 Å². The standard InChI is InChI=1S/C21H20N4O2/c1-14-3-5-16(6-4-14)13-21(27)23-20-12-11-19(24-25-20)22-18-9-7-17(8-10-18)15(2)26/h3-12H,13H2,1-2H3,(H,22,24)(H,23,25,27). The van der Waals surface area contributed by atoms with Crippen LogP contribution in [0.3, 0.4) is 0 Å². The van der Waals surface area contributed by atoms with Gasteiger partial charge >= 0.3 is 0 Å². The smallest absolute Gasteiger partial charge is 0.229 e. The molecule has 0 saturated heterocycles. The van der Waals surface area contributed by atoms with Crippen molar-refractivity contribution in [3.05, 3.63) is 77.4 Å². The molecule has 0 aliphatic carbocycles. The second-order valence-corrected chi connectivity index (χ2v) is 6.27. The normalized spacial score (nSPS) is 10.3. The number of carbonyl (C=O) groups is 2. The molecule has 0 aliphatic heterocycles. The first-order valence-electron chi connectivity index (χ1n) is 8.57. The molecule has 0 radical (unpaired) electrons. The van der Waals surface area contributed by atoms with Crippen molar-refractivity contribution in [2.45, 2.75) is 20.3 Å². The zero-order chi connectivity index (χ0) is 19.2. The molecule has 0 spiro atoms. The molecule has 0 bridgehead atoms. The molecular formula is C21H20N4O2. The molecule has 0 aliphatic rings. The Bertz CT molecular complexity index is 933. The van der Waals surface area contributed by atoms with Crippen LogP contribution >= 0.6 is 0 Å². The lowest BCUT2D eigenvalue weighted by atomic mass is 10.1. The number of rotatable bonds is 6. The third kappa shape index (κ3) is 5.22. The van der Waals surface area contributed by atoms with E-state index >= 15 is 0 Å². The summed E-state index contributed by atoms with van der Waals surface area (Å²) in [6, 6.07) is 18.3. The van der Waals surface area contributed by atoms with Gasteiger partial charge in [0, 0.05) is 11.3 Å². The molecule has 136 valence electrons. The molecule has 1 amide bonds. The number of aromatic nitrogens is 2. The van der Waals surface area contributed by atoms with E-state index in [-0.39, 0.29) is 18.1 Å². The number of Topliss-reactive ketones (excluding diaryl/α,β-unsaturated/α-hetero) is 1. The molecule has 2 aromatic carbocycles. The van der Waals surface area contributed by atoms with E-state index in [0.717, 1.165) is 16.8 Å². The second-order valence-electron chi connectivity index (χ2n) is 6.27. The summed E-state index contributed by atoms with van der Waals surface area (Å²) < 4.78 is 0. The molecule has 3 rings (SSSR count). The van der Waals surface area contributed by atoms with Gasteiger partial charge in [0.25, 0.3) is 0 Å². The van der Waals surface area contributed by atoms with Crippen LogP contribution in [-0.2, 0) is 11.2 Å². The Morgan fingerprint density at radius 3 is 2.07 bits per heavy atom. The van der Waals surface area contributed by atoms with Gasteiger partial charge in [-0.15, -0.1) is 10.2 Å². The molecule has 1 aromatic heterocycles. The Morgan fingerprint density at radius 1 is 0.852 bits per heavy atom. The largest absolute Gasteiger partial charge is 0.339 e. The van der Waals surface area contributed by atoms with E-state index < -0.39 is 0 Å². The quantitative estimate of drug-likeness (QED) is 0.651. The van der Waals surface area contributed by atoms with Gasteiger partial charge in [-0.25, -0.2) is 0 Å². The number of benzene rings is 2. The number of amides is 1. The fraction of sp³-hybridized carbons (Fsp3) is 0.143. The molecule has 0 unspecified atom stereocenters. The van der Waals surface area contributed by atoms with Crippen LogP contribution in [0.1, 0.15) is 28.4 Å². The molecule has 1 heterocycles. The summed E-state index contributed by atoms with van der Waals surface area (Å²) in [5, 5.41) is 13.9. The number of ketones is 1. The number of carbonyl (C=O) groups excluding carboxylic acids is 2. The number of nitrogens with zero attached hydrogens (tertiary/aromatic N) is 2. The zero-order valence-electron chi connectivity index (χ0n) is 15.2. The van der Waals surface area contributed by atoms with Gasteiger partial charge in [0.2, 0.25) is 5.91 Å². The van der Waals surface area contributed by atoms with Crippen molar-refractivity contribution >= 4 is 29.0 Å². The van der Waals surface area contributed by atoms with E-state index in [1.54, 1.807) is 36.4 Å². The Hall–Kier alpha value is -3.54. The van der Waals surface area contributed by atoms with Gasteiger partial charge in [-0.2, -0.15) is 0 Å². The van der Waals surface area contributed by atoms with Crippen LogP contribution in [0.4, 0.5) is 17.3 Å². The van der Waals surface area contributed by atoms with Crippen molar-refractivity contribution in [1.29, 1.82) is 0 Å². The first-order valence-corrected chi connectivity index (χ1v) is 8.57. The predicted molar refractivity (Wildman–Crippen MR) is 105 cm³/mol. The fourth-order valence-electron chi connectivity index (χ4n) is 2.48. The summed E-state index contributed by atoms with van der Waals surface area (Å²) in [6.45, 7) is 3.53. The van der Waals surface area contributed by atoms with E-state index in [1.807, 2.05) is 31.2 Å². The highest BCUT2D eigenvalue weighted by molar-refractivity contribution is 5.94. The van der Waals surface area contributed by atoms with Crippen LogP contribution in [-0.4, -0.2) is 21.9 Å². The summed E-state index contributed by atoms with van der Waals surface area (Å²) in [6.07, 6.45) is 0.282. The first kappa shape index (κ1) is 18.3. The second kappa shape index (κ2) is 8.23. The van der Waals surface area contributed by atoms with Crippen molar-refractivity contribution in [2.75, 3.05) is 10.6 Å². The molecule has 0 saturated carbocycles. The van der Waals surface area contributed by atoms with Crippen molar-refractivity contribution < 1.29 is 9.59 Å². The van der Waals surface area contributed by atoms with Gasteiger partial charge in [-0.1, -0.05) is 29.8 Å². The van der Waals surface area contributed by atoms with Crippen LogP contribution in [0.5, 0.6) is 0 Å². The molecule has 6 heteroatoms. The van der Waals surface area contributed by atoms with Crippen LogP contribution in [0.2, 0.25) is 0 Å². The van der Waals surface area contributed by atoms with E-state index in [0.29, 0.717) is 17.2 Å². The van der Waals surface area contributed by atoms with E-state index in [1.165, 1.54) is 6.92 Å². The van der Waals surface area contributed by atoms with Crippen LogP contribution in [0, 0.1) is 6.92 Å². The highest BCUT2D eigenvalue weighted by atomic mass is 16.1. The minimum Gasteiger partial charge on any atom is -0.339 e. The monoisotopic (exact) mass is 360 g/mol. The van der Waals surface area contributed by atoms with Crippen LogP contribution < -0.4 is 10.6 Å². The summed E-state index contributed by atoms with van der Waals surface area (Å²) in [5.41, 5.74) is 3.55. The summed E-state index contributed by atoms with van der Waals surface area (Å²) >= 11 is 0. The van der Waals surface area contributed by atoms with Gasteiger partial charge in [-0.05, 0) is 55.8 Å². The number of hydrogen-bond donors (Lipinski definition) is 2. The lowest BCUT2D eigenvalue weighted by Gasteiger charge is -2.07. The van der Waals surface area contributed by atoms with Crippen LogP contribution in [0.25, 0.3) is 0 Å². The SMILES string of the molecule is CC(=O)c1ccc(Nc2ccc(NC(=O)Cc3ccc(C)cc3)nn2)cc1. The van der Waals surface area contributed by atoms with Crippen LogP contribution in [0.15, 0.2) is 60.7 Å². The molecule has 2 N–H and O–H groups in total. The average molecular weight is 360 g/mol. The highest BCUT2D eigenvalue weighted by Gasteiger charge is 2.06. The number of hydrogen-bond acceptors (Lipinski definition) is 5. The Morgan fingerprint density at radius 2 is 1.48 bits per heavy atom. The predicted octanol–water partition coefficient (Wildman–Crippen LogP) is 3.91. The summed E-state index contributed by atoms with van der Waals surface area (Å²) in [7, 11) is 0. The van der Waals surface area contributed by atoms with Gasteiger partial charge in [0.1, 0.15) is 0 Å². The van der Waals surface area contributed by atoms with Gasteiger partial charge in [0.05, 0.1) is 6.42 Å². The van der Waals surface area contributed by atoms with Crippen molar-refractivity contribution in [3.63, 3.8) is 0 Å². The van der Waals surface area contributed by atoms with Gasteiger partial charge in [0.15, 0.2) is 17.4 Å². The number of anilines is 3. The Balaban J connectivity index is 1.57. The zero-order valence-corrected chi connectivity index (χ0v) is 15.2. The average Bonchev–Trinajstić information content (AvgIpc) is 2.66. The lowest BCUT2D eigenvalue weighted by Crippen LogP contribution is -2.15. The van der Waals surface area contributed by atoms with Gasteiger partial charge in [-0.3, -0.25) is 9.59 Å². The van der Waals surface area contributed by atoms with E-state index in [2.05, 4.69) is 20.8 Å². The maximum Gasteiger partial charge on any atom is 0.229 e. The third-order valence-electron chi connectivity index (χ3n) is 3.98. The van der Waals surface area contributed by atoms with E-state index in [9.17, 15) is 9.59 Å². The minimum atomic E-state index is -0.145. The maximum atomic E-state index is 12.1.